The third kappa shape index (κ3) is 3.09. The van der Waals surface area contributed by atoms with Gasteiger partial charge in [-0.15, -0.1) is 0 Å². The number of rotatable bonds is 2. The van der Waals surface area contributed by atoms with Crippen molar-refractivity contribution < 1.29 is 9.53 Å². The number of carbonyl (C=O) groups is 1. The van der Waals surface area contributed by atoms with Crippen LogP contribution in [0.15, 0.2) is 24.5 Å². The summed E-state index contributed by atoms with van der Waals surface area (Å²) in [6, 6.07) is 5.43. The lowest BCUT2D eigenvalue weighted by molar-refractivity contribution is -0.00713. The molecule has 0 spiro atoms. The Labute approximate surface area is 124 Å². The summed E-state index contributed by atoms with van der Waals surface area (Å²) in [7, 11) is 0. The number of H-pyrrole nitrogens is 1. The lowest BCUT2D eigenvalue weighted by atomic mass is 9.71. The van der Waals surface area contributed by atoms with E-state index in [1.807, 2.05) is 12.1 Å². The van der Waals surface area contributed by atoms with E-state index in [1.54, 1.807) is 12.4 Å². The van der Waals surface area contributed by atoms with Crippen molar-refractivity contribution >= 4 is 17.0 Å². The standard InChI is InChI=1S/C17H22N2O2/c1-11-6-13(9-17(2,3)8-11)21-16(20)12-4-5-14-15(7-12)19-10-18-14/h4-5,7,10-11,13H,6,8-9H2,1-3H3,(H,18,19)/t11-,13+/m1/s1. The summed E-state index contributed by atoms with van der Waals surface area (Å²) in [6.07, 6.45) is 4.75. The Morgan fingerprint density at radius 2 is 2.19 bits per heavy atom. The minimum absolute atomic E-state index is 0.0220. The molecule has 1 aromatic heterocycles. The van der Waals surface area contributed by atoms with E-state index < -0.39 is 0 Å². The first-order chi connectivity index (χ1) is 9.93. The van der Waals surface area contributed by atoms with Crippen LogP contribution in [0.2, 0.25) is 0 Å². The molecule has 0 amide bonds. The Morgan fingerprint density at radius 1 is 1.38 bits per heavy atom. The van der Waals surface area contributed by atoms with Crippen LogP contribution in [0.3, 0.4) is 0 Å². The molecule has 1 aliphatic rings. The molecule has 1 aliphatic carbocycles. The zero-order valence-corrected chi connectivity index (χ0v) is 12.8. The minimum atomic E-state index is -0.235. The molecular weight excluding hydrogens is 264 g/mol. The topological polar surface area (TPSA) is 55.0 Å². The van der Waals surface area contributed by atoms with Gasteiger partial charge < -0.3 is 9.72 Å². The summed E-state index contributed by atoms with van der Waals surface area (Å²) in [6.45, 7) is 6.73. The predicted molar refractivity (Wildman–Crippen MR) is 82.1 cm³/mol. The van der Waals surface area contributed by atoms with Crippen molar-refractivity contribution in [2.24, 2.45) is 11.3 Å². The average molecular weight is 286 g/mol. The van der Waals surface area contributed by atoms with Crippen molar-refractivity contribution in [3.8, 4) is 0 Å². The van der Waals surface area contributed by atoms with Crippen LogP contribution in [0.25, 0.3) is 11.0 Å². The van der Waals surface area contributed by atoms with E-state index >= 15 is 0 Å². The zero-order chi connectivity index (χ0) is 15.0. The van der Waals surface area contributed by atoms with Gasteiger partial charge in [0.2, 0.25) is 0 Å². The van der Waals surface area contributed by atoms with Crippen LogP contribution >= 0.6 is 0 Å². The number of fused-ring (bicyclic) bond motifs is 1. The molecule has 0 unspecified atom stereocenters. The Kier molecular flexibility index (Phi) is 3.47. The van der Waals surface area contributed by atoms with Gasteiger partial charge in [-0.05, 0) is 48.8 Å². The number of hydrogen-bond donors (Lipinski definition) is 1. The van der Waals surface area contributed by atoms with Crippen molar-refractivity contribution in [3.63, 3.8) is 0 Å². The molecule has 1 heterocycles. The second-order valence-electron chi connectivity index (χ2n) is 7.08. The molecule has 0 aliphatic heterocycles. The Bertz CT molecular complexity index is 660. The molecule has 0 saturated heterocycles. The highest BCUT2D eigenvalue weighted by Crippen LogP contribution is 2.39. The third-order valence-electron chi connectivity index (χ3n) is 4.28. The summed E-state index contributed by atoms with van der Waals surface area (Å²) < 4.78 is 5.74. The Balaban J connectivity index is 1.73. The third-order valence-corrected chi connectivity index (χ3v) is 4.28. The number of aromatic nitrogens is 2. The fourth-order valence-electron chi connectivity index (χ4n) is 3.63. The van der Waals surface area contributed by atoms with E-state index in [0.717, 1.165) is 23.9 Å². The maximum absolute atomic E-state index is 12.3. The summed E-state index contributed by atoms with van der Waals surface area (Å²) in [5.41, 5.74) is 2.55. The first-order valence-corrected chi connectivity index (χ1v) is 7.57. The second-order valence-corrected chi connectivity index (χ2v) is 7.08. The lowest BCUT2D eigenvalue weighted by Crippen LogP contribution is -2.33. The summed E-state index contributed by atoms with van der Waals surface area (Å²) in [5, 5.41) is 0. The number of esters is 1. The van der Waals surface area contributed by atoms with Gasteiger partial charge in [-0.1, -0.05) is 20.8 Å². The molecule has 2 aromatic rings. The van der Waals surface area contributed by atoms with E-state index in [2.05, 4.69) is 30.7 Å². The molecule has 0 radical (unpaired) electrons. The molecule has 112 valence electrons. The zero-order valence-electron chi connectivity index (χ0n) is 12.8. The smallest absolute Gasteiger partial charge is 0.338 e. The van der Waals surface area contributed by atoms with Gasteiger partial charge in [-0.3, -0.25) is 0 Å². The fourth-order valence-corrected chi connectivity index (χ4v) is 3.63. The first-order valence-electron chi connectivity index (χ1n) is 7.57. The SMILES string of the molecule is C[C@@H]1C[C@H](OC(=O)c2ccc3nc[nH]c3c2)CC(C)(C)C1. The van der Waals surface area contributed by atoms with Crippen LogP contribution in [0.5, 0.6) is 0 Å². The number of hydrogen-bond acceptors (Lipinski definition) is 3. The van der Waals surface area contributed by atoms with E-state index in [0.29, 0.717) is 11.5 Å². The molecule has 2 atom stereocenters. The van der Waals surface area contributed by atoms with Crippen molar-refractivity contribution in [1.82, 2.24) is 9.97 Å². The number of imidazole rings is 1. The van der Waals surface area contributed by atoms with E-state index in [9.17, 15) is 4.79 Å². The summed E-state index contributed by atoms with van der Waals surface area (Å²) >= 11 is 0. The van der Waals surface area contributed by atoms with Gasteiger partial charge in [0.15, 0.2) is 0 Å². The number of ether oxygens (including phenoxy) is 1. The molecule has 1 N–H and O–H groups in total. The summed E-state index contributed by atoms with van der Waals surface area (Å²) in [4.78, 5) is 19.5. The molecule has 3 rings (SSSR count). The number of aromatic amines is 1. The molecule has 1 saturated carbocycles. The van der Waals surface area contributed by atoms with Gasteiger partial charge in [-0.25, -0.2) is 9.78 Å². The van der Waals surface area contributed by atoms with Crippen LogP contribution in [-0.2, 0) is 4.74 Å². The minimum Gasteiger partial charge on any atom is -0.459 e. The van der Waals surface area contributed by atoms with Crippen LogP contribution in [-0.4, -0.2) is 22.0 Å². The van der Waals surface area contributed by atoms with Gasteiger partial charge in [-0.2, -0.15) is 0 Å². The predicted octanol–water partition coefficient (Wildman–Crippen LogP) is 3.93. The fraction of sp³-hybridized carbons (Fsp3) is 0.529. The number of nitrogens with zero attached hydrogens (tertiary/aromatic N) is 1. The highest BCUT2D eigenvalue weighted by molar-refractivity contribution is 5.93. The normalized spacial score (nSPS) is 24.9. The average Bonchev–Trinajstić information content (AvgIpc) is 2.82. The maximum atomic E-state index is 12.3. The van der Waals surface area contributed by atoms with Gasteiger partial charge >= 0.3 is 5.97 Å². The van der Waals surface area contributed by atoms with Crippen molar-refractivity contribution in [1.29, 1.82) is 0 Å². The second kappa shape index (κ2) is 5.17. The molecule has 4 heteroatoms. The van der Waals surface area contributed by atoms with E-state index in [4.69, 9.17) is 4.74 Å². The molecule has 4 nitrogen and oxygen atoms in total. The van der Waals surface area contributed by atoms with Gasteiger partial charge in [0.05, 0.1) is 22.9 Å². The van der Waals surface area contributed by atoms with Crippen LogP contribution < -0.4 is 0 Å². The molecule has 0 bridgehead atoms. The largest absolute Gasteiger partial charge is 0.459 e. The number of carbonyl (C=O) groups excluding carboxylic acids is 1. The molecule has 21 heavy (non-hydrogen) atoms. The van der Waals surface area contributed by atoms with Crippen LogP contribution in [0.4, 0.5) is 0 Å². The van der Waals surface area contributed by atoms with Gasteiger partial charge in [0.1, 0.15) is 6.10 Å². The Morgan fingerprint density at radius 3 is 2.95 bits per heavy atom. The highest BCUT2D eigenvalue weighted by atomic mass is 16.5. The van der Waals surface area contributed by atoms with Gasteiger partial charge in [0, 0.05) is 0 Å². The number of benzene rings is 1. The van der Waals surface area contributed by atoms with Gasteiger partial charge in [0.25, 0.3) is 0 Å². The quantitative estimate of drug-likeness (QED) is 0.851. The van der Waals surface area contributed by atoms with Crippen LogP contribution in [0, 0.1) is 11.3 Å². The maximum Gasteiger partial charge on any atom is 0.338 e. The van der Waals surface area contributed by atoms with E-state index in [1.165, 1.54) is 6.42 Å². The van der Waals surface area contributed by atoms with E-state index in [-0.39, 0.29) is 17.5 Å². The first kappa shape index (κ1) is 14.1. The molecule has 1 aromatic carbocycles. The lowest BCUT2D eigenvalue weighted by Gasteiger charge is -2.38. The Hall–Kier alpha value is -1.84. The highest BCUT2D eigenvalue weighted by Gasteiger charge is 2.34. The van der Waals surface area contributed by atoms with Crippen molar-refractivity contribution in [2.75, 3.05) is 0 Å². The van der Waals surface area contributed by atoms with Crippen LogP contribution in [0.1, 0.15) is 50.4 Å². The molecule has 1 fully saturated rings. The van der Waals surface area contributed by atoms with Crippen molar-refractivity contribution in [2.45, 2.75) is 46.1 Å². The summed E-state index contributed by atoms with van der Waals surface area (Å²) in [5.74, 6) is 0.364. The number of nitrogens with one attached hydrogen (secondary N) is 1. The van der Waals surface area contributed by atoms with Crippen molar-refractivity contribution in [3.05, 3.63) is 30.1 Å². The molecular formula is C17H22N2O2. The monoisotopic (exact) mass is 286 g/mol.